The number of primary amides is 1. The molecule has 182 valence electrons. The Hall–Kier alpha value is -3.30. The zero-order valence-electron chi connectivity index (χ0n) is 18.4. The zero-order chi connectivity index (χ0) is 24.5. The monoisotopic (exact) mass is 478 g/mol. The van der Waals surface area contributed by atoms with Gasteiger partial charge in [0.15, 0.2) is 0 Å². The van der Waals surface area contributed by atoms with E-state index in [1.54, 1.807) is 24.3 Å². The summed E-state index contributed by atoms with van der Waals surface area (Å²) in [6.07, 6.45) is -3.92. The SMILES string of the molecule is NC(=O)C1CC(=O)N(Cc2ccc(Nc3ccc(N4CCC(C(F)(F)F)CC4)cc3)cc2F)C1. The first-order chi connectivity index (χ1) is 16.1. The summed E-state index contributed by atoms with van der Waals surface area (Å²) in [6.45, 7) is 0.953. The standard InChI is InChI=1S/C24H26F4N4O2/c25-21-12-19(2-1-15(21)13-32-14-16(23(29)34)11-22(32)33)30-18-3-5-20(6-4-18)31-9-7-17(8-10-31)24(26,27)28/h1-6,12,16-17,30H,7-11,13-14H2,(H2,29,34). The highest BCUT2D eigenvalue weighted by atomic mass is 19.4. The minimum absolute atomic E-state index is 0.0485. The van der Waals surface area contributed by atoms with E-state index in [0.29, 0.717) is 30.0 Å². The van der Waals surface area contributed by atoms with Crippen LogP contribution in [0.1, 0.15) is 24.8 Å². The van der Waals surface area contributed by atoms with Gasteiger partial charge in [-0.15, -0.1) is 0 Å². The van der Waals surface area contributed by atoms with Crippen molar-refractivity contribution in [3.63, 3.8) is 0 Å². The Morgan fingerprint density at radius 2 is 1.71 bits per heavy atom. The first kappa shape index (κ1) is 23.8. The number of likely N-dealkylation sites (tertiary alicyclic amines) is 1. The number of nitrogens with zero attached hydrogens (tertiary/aromatic N) is 2. The van der Waals surface area contributed by atoms with Crippen LogP contribution in [0.3, 0.4) is 0 Å². The fourth-order valence-corrected chi connectivity index (χ4v) is 4.46. The van der Waals surface area contributed by atoms with Crippen LogP contribution in [0.5, 0.6) is 0 Å². The van der Waals surface area contributed by atoms with Crippen molar-refractivity contribution in [3.8, 4) is 0 Å². The van der Waals surface area contributed by atoms with Gasteiger partial charge >= 0.3 is 6.18 Å². The molecule has 0 radical (unpaired) electrons. The molecule has 2 fully saturated rings. The van der Waals surface area contributed by atoms with Crippen LogP contribution < -0.4 is 16.0 Å². The van der Waals surface area contributed by atoms with Crippen LogP contribution in [0.25, 0.3) is 0 Å². The largest absolute Gasteiger partial charge is 0.391 e. The molecule has 0 aromatic heterocycles. The number of nitrogens with one attached hydrogen (secondary N) is 1. The van der Waals surface area contributed by atoms with Gasteiger partial charge in [-0.3, -0.25) is 9.59 Å². The highest BCUT2D eigenvalue weighted by molar-refractivity contribution is 5.88. The lowest BCUT2D eigenvalue weighted by Gasteiger charge is -2.34. The van der Waals surface area contributed by atoms with Crippen molar-refractivity contribution in [2.24, 2.45) is 17.6 Å². The second kappa shape index (κ2) is 9.52. The van der Waals surface area contributed by atoms with Gasteiger partial charge in [-0.1, -0.05) is 6.07 Å². The summed E-state index contributed by atoms with van der Waals surface area (Å²) in [7, 11) is 0. The van der Waals surface area contributed by atoms with Crippen molar-refractivity contribution in [2.45, 2.75) is 32.0 Å². The van der Waals surface area contributed by atoms with Gasteiger partial charge in [0.25, 0.3) is 0 Å². The molecular formula is C24H26F4N4O2. The van der Waals surface area contributed by atoms with Crippen LogP contribution in [0.4, 0.5) is 34.6 Å². The Morgan fingerprint density at radius 1 is 1.06 bits per heavy atom. The van der Waals surface area contributed by atoms with E-state index in [1.165, 1.54) is 11.0 Å². The van der Waals surface area contributed by atoms with Crippen LogP contribution >= 0.6 is 0 Å². The molecule has 1 atom stereocenters. The normalized spacial score (nSPS) is 19.5. The molecule has 2 saturated heterocycles. The molecule has 4 rings (SSSR count). The van der Waals surface area contributed by atoms with Gasteiger partial charge < -0.3 is 20.9 Å². The van der Waals surface area contributed by atoms with Crippen LogP contribution in [0.15, 0.2) is 42.5 Å². The number of carbonyl (C=O) groups excluding carboxylic acids is 2. The Kier molecular flexibility index (Phi) is 6.67. The molecule has 2 heterocycles. The molecule has 34 heavy (non-hydrogen) atoms. The van der Waals surface area contributed by atoms with Crippen molar-refractivity contribution in [3.05, 3.63) is 53.8 Å². The number of benzene rings is 2. The third-order valence-electron chi connectivity index (χ3n) is 6.51. The number of piperidine rings is 1. The fraction of sp³-hybridized carbons (Fsp3) is 0.417. The van der Waals surface area contributed by atoms with Gasteiger partial charge in [0.1, 0.15) is 5.82 Å². The maximum atomic E-state index is 14.7. The Labute approximate surface area is 194 Å². The number of nitrogens with two attached hydrogens (primary N) is 1. The first-order valence-electron chi connectivity index (χ1n) is 11.1. The predicted molar refractivity (Wildman–Crippen MR) is 120 cm³/mol. The summed E-state index contributed by atoms with van der Waals surface area (Å²) in [6, 6.07) is 11.9. The molecule has 1 unspecified atom stereocenters. The van der Waals surface area contributed by atoms with E-state index in [9.17, 15) is 27.2 Å². The molecule has 0 bridgehead atoms. The second-order valence-electron chi connectivity index (χ2n) is 8.86. The topological polar surface area (TPSA) is 78.7 Å². The molecule has 2 aliphatic heterocycles. The van der Waals surface area contributed by atoms with E-state index < -0.39 is 29.7 Å². The van der Waals surface area contributed by atoms with Crippen molar-refractivity contribution in [2.75, 3.05) is 29.9 Å². The molecule has 2 aromatic rings. The number of hydrogen-bond donors (Lipinski definition) is 2. The minimum atomic E-state index is -4.14. The fourth-order valence-electron chi connectivity index (χ4n) is 4.46. The molecule has 2 aromatic carbocycles. The second-order valence-corrected chi connectivity index (χ2v) is 8.86. The van der Waals surface area contributed by atoms with Gasteiger partial charge in [-0.05, 0) is 49.2 Å². The molecule has 2 aliphatic rings. The summed E-state index contributed by atoms with van der Waals surface area (Å²) >= 11 is 0. The lowest BCUT2D eigenvalue weighted by Crippen LogP contribution is -2.38. The van der Waals surface area contributed by atoms with Crippen LogP contribution in [0, 0.1) is 17.7 Å². The van der Waals surface area contributed by atoms with Crippen LogP contribution in [-0.4, -0.2) is 42.5 Å². The number of hydrogen-bond acceptors (Lipinski definition) is 4. The molecule has 2 amide bonds. The van der Waals surface area contributed by atoms with Gasteiger partial charge in [-0.2, -0.15) is 13.2 Å². The van der Waals surface area contributed by atoms with E-state index in [-0.39, 0.29) is 38.3 Å². The number of rotatable bonds is 6. The van der Waals surface area contributed by atoms with Gasteiger partial charge in [0.2, 0.25) is 11.8 Å². The van der Waals surface area contributed by atoms with Crippen LogP contribution in [-0.2, 0) is 16.1 Å². The van der Waals surface area contributed by atoms with E-state index in [2.05, 4.69) is 5.32 Å². The maximum Gasteiger partial charge on any atom is 0.391 e. The Morgan fingerprint density at radius 3 is 2.26 bits per heavy atom. The number of halogens is 4. The molecule has 0 spiro atoms. The molecular weight excluding hydrogens is 452 g/mol. The molecule has 0 aliphatic carbocycles. The quantitative estimate of drug-likeness (QED) is 0.611. The summed E-state index contributed by atoms with van der Waals surface area (Å²) in [4.78, 5) is 26.7. The van der Waals surface area contributed by atoms with Gasteiger partial charge in [0.05, 0.1) is 11.8 Å². The minimum Gasteiger partial charge on any atom is -0.372 e. The molecule has 10 heteroatoms. The number of alkyl halides is 3. The molecule has 3 N–H and O–H groups in total. The van der Waals surface area contributed by atoms with Crippen molar-refractivity contribution in [1.82, 2.24) is 4.90 Å². The van der Waals surface area contributed by atoms with E-state index in [4.69, 9.17) is 5.73 Å². The van der Waals surface area contributed by atoms with Gasteiger partial charge in [-0.25, -0.2) is 4.39 Å². The maximum absolute atomic E-state index is 14.7. The molecule has 6 nitrogen and oxygen atoms in total. The van der Waals surface area contributed by atoms with E-state index in [0.717, 1.165) is 5.69 Å². The summed E-state index contributed by atoms with van der Waals surface area (Å²) in [5, 5.41) is 3.10. The Balaban J connectivity index is 1.34. The number of amides is 2. The van der Waals surface area contributed by atoms with E-state index in [1.807, 2.05) is 17.0 Å². The first-order valence-corrected chi connectivity index (χ1v) is 11.1. The Bertz CT molecular complexity index is 1050. The smallest absolute Gasteiger partial charge is 0.372 e. The van der Waals surface area contributed by atoms with Crippen molar-refractivity contribution in [1.29, 1.82) is 0 Å². The lowest BCUT2D eigenvalue weighted by atomic mass is 9.96. The average molecular weight is 478 g/mol. The van der Waals surface area contributed by atoms with Crippen molar-refractivity contribution >= 4 is 28.9 Å². The highest BCUT2D eigenvalue weighted by Gasteiger charge is 2.41. The summed E-state index contributed by atoms with van der Waals surface area (Å²) in [5.41, 5.74) is 7.67. The predicted octanol–water partition coefficient (Wildman–Crippen LogP) is 4.18. The number of anilines is 3. The summed E-state index contributed by atoms with van der Waals surface area (Å²) in [5.74, 6) is -3.03. The molecule has 0 saturated carbocycles. The van der Waals surface area contributed by atoms with E-state index >= 15 is 0 Å². The third kappa shape index (κ3) is 5.43. The van der Waals surface area contributed by atoms with Gasteiger partial charge in [0, 0.05) is 55.2 Å². The lowest BCUT2D eigenvalue weighted by molar-refractivity contribution is -0.179. The number of carbonyl (C=O) groups is 2. The zero-order valence-corrected chi connectivity index (χ0v) is 18.4. The highest BCUT2D eigenvalue weighted by Crippen LogP contribution is 2.35. The van der Waals surface area contributed by atoms with Crippen molar-refractivity contribution < 1.29 is 27.2 Å². The third-order valence-corrected chi connectivity index (χ3v) is 6.51. The summed E-state index contributed by atoms with van der Waals surface area (Å²) < 4.78 is 53.2. The average Bonchev–Trinajstić information content (AvgIpc) is 3.16. The van der Waals surface area contributed by atoms with Crippen LogP contribution in [0.2, 0.25) is 0 Å².